The standard InChI is InChI=1S/C12H12N4/c1-15-9-16(10-4-7-13-8-5-10)12-11(15)3-2-6-14-12/h2-8H,9H2,1H3. The van der Waals surface area contributed by atoms with Crippen molar-refractivity contribution in [2.24, 2.45) is 0 Å². The number of aromatic nitrogens is 2. The third-order valence-corrected chi connectivity index (χ3v) is 2.76. The molecule has 0 radical (unpaired) electrons. The largest absolute Gasteiger partial charge is 0.354 e. The normalized spacial score (nSPS) is 14.1. The van der Waals surface area contributed by atoms with Crippen LogP contribution in [0.4, 0.5) is 17.2 Å². The van der Waals surface area contributed by atoms with Gasteiger partial charge in [-0.05, 0) is 24.3 Å². The molecular weight excluding hydrogens is 200 g/mol. The predicted molar refractivity (Wildman–Crippen MR) is 63.9 cm³/mol. The second kappa shape index (κ2) is 3.48. The molecule has 3 rings (SSSR count). The molecule has 1 aliphatic rings. The minimum Gasteiger partial charge on any atom is -0.354 e. The summed E-state index contributed by atoms with van der Waals surface area (Å²) in [5.74, 6) is 1.01. The molecule has 2 aromatic heterocycles. The highest BCUT2D eigenvalue weighted by Crippen LogP contribution is 2.36. The maximum absolute atomic E-state index is 4.43. The molecule has 0 saturated carbocycles. The Balaban J connectivity index is 2.07. The van der Waals surface area contributed by atoms with Gasteiger partial charge in [-0.2, -0.15) is 0 Å². The van der Waals surface area contributed by atoms with Crippen LogP contribution in [0.3, 0.4) is 0 Å². The molecule has 0 unspecified atom stereocenters. The fourth-order valence-corrected chi connectivity index (χ4v) is 1.98. The van der Waals surface area contributed by atoms with Gasteiger partial charge in [-0.3, -0.25) is 4.98 Å². The van der Waals surface area contributed by atoms with E-state index in [1.165, 1.54) is 5.69 Å². The highest BCUT2D eigenvalue weighted by atomic mass is 15.4. The monoisotopic (exact) mass is 212 g/mol. The van der Waals surface area contributed by atoms with Crippen LogP contribution in [-0.2, 0) is 0 Å². The van der Waals surface area contributed by atoms with Crippen molar-refractivity contribution in [2.45, 2.75) is 0 Å². The Morgan fingerprint density at radius 2 is 1.94 bits per heavy atom. The molecule has 16 heavy (non-hydrogen) atoms. The van der Waals surface area contributed by atoms with Crippen LogP contribution in [0.15, 0.2) is 42.9 Å². The van der Waals surface area contributed by atoms with Crippen molar-refractivity contribution in [3.8, 4) is 0 Å². The molecule has 0 saturated heterocycles. The summed E-state index contributed by atoms with van der Waals surface area (Å²) in [5, 5.41) is 0. The van der Waals surface area contributed by atoms with Crippen LogP contribution in [0.2, 0.25) is 0 Å². The maximum atomic E-state index is 4.43. The van der Waals surface area contributed by atoms with Gasteiger partial charge in [0.15, 0.2) is 5.82 Å². The van der Waals surface area contributed by atoms with Crippen LogP contribution in [0.1, 0.15) is 0 Å². The van der Waals surface area contributed by atoms with Gasteiger partial charge in [-0.1, -0.05) is 0 Å². The van der Waals surface area contributed by atoms with Gasteiger partial charge >= 0.3 is 0 Å². The molecule has 3 heterocycles. The predicted octanol–water partition coefficient (Wildman–Crippen LogP) is 2.02. The van der Waals surface area contributed by atoms with Crippen molar-refractivity contribution in [3.05, 3.63) is 42.9 Å². The van der Waals surface area contributed by atoms with Crippen LogP contribution in [-0.4, -0.2) is 23.7 Å². The van der Waals surface area contributed by atoms with E-state index in [0.29, 0.717) is 0 Å². The van der Waals surface area contributed by atoms with Gasteiger partial charge in [0.05, 0.1) is 12.4 Å². The second-order valence-corrected chi connectivity index (χ2v) is 3.82. The van der Waals surface area contributed by atoms with Gasteiger partial charge in [0, 0.05) is 31.3 Å². The number of hydrogen-bond acceptors (Lipinski definition) is 4. The molecule has 80 valence electrons. The number of fused-ring (bicyclic) bond motifs is 1. The third-order valence-electron chi connectivity index (χ3n) is 2.76. The number of nitrogens with zero attached hydrogens (tertiary/aromatic N) is 4. The Bertz CT molecular complexity index is 497. The molecule has 1 aliphatic heterocycles. The second-order valence-electron chi connectivity index (χ2n) is 3.82. The lowest BCUT2D eigenvalue weighted by Gasteiger charge is -2.17. The average Bonchev–Trinajstić information content (AvgIpc) is 2.69. The summed E-state index contributed by atoms with van der Waals surface area (Å²) in [7, 11) is 2.07. The van der Waals surface area contributed by atoms with E-state index < -0.39 is 0 Å². The molecule has 0 bridgehead atoms. The molecule has 4 heteroatoms. The summed E-state index contributed by atoms with van der Waals surface area (Å²) in [6, 6.07) is 8.05. The van der Waals surface area contributed by atoms with Gasteiger partial charge in [0.2, 0.25) is 0 Å². The summed E-state index contributed by atoms with van der Waals surface area (Å²) in [5.41, 5.74) is 2.29. The lowest BCUT2D eigenvalue weighted by atomic mass is 10.3. The van der Waals surface area contributed by atoms with E-state index in [-0.39, 0.29) is 0 Å². The molecule has 4 nitrogen and oxygen atoms in total. The van der Waals surface area contributed by atoms with Crippen LogP contribution in [0.25, 0.3) is 0 Å². The zero-order chi connectivity index (χ0) is 11.0. The number of pyridine rings is 2. The molecule has 0 aliphatic carbocycles. The van der Waals surface area contributed by atoms with E-state index in [1.807, 2.05) is 24.4 Å². The van der Waals surface area contributed by atoms with E-state index >= 15 is 0 Å². The number of anilines is 3. The Kier molecular flexibility index (Phi) is 1.99. The first kappa shape index (κ1) is 9.15. The first-order valence-corrected chi connectivity index (χ1v) is 5.20. The molecule has 0 fully saturated rings. The summed E-state index contributed by atoms with van der Waals surface area (Å²) < 4.78 is 0. The van der Waals surface area contributed by atoms with Gasteiger partial charge in [-0.25, -0.2) is 4.98 Å². The van der Waals surface area contributed by atoms with Gasteiger partial charge in [0.1, 0.15) is 0 Å². The minimum atomic E-state index is 0.830. The third kappa shape index (κ3) is 1.31. The smallest absolute Gasteiger partial charge is 0.158 e. The van der Waals surface area contributed by atoms with Crippen molar-refractivity contribution < 1.29 is 0 Å². The lowest BCUT2D eigenvalue weighted by Crippen LogP contribution is -2.24. The van der Waals surface area contributed by atoms with E-state index in [9.17, 15) is 0 Å². The molecule has 0 amide bonds. The first-order valence-electron chi connectivity index (χ1n) is 5.20. The summed E-state index contributed by atoms with van der Waals surface area (Å²) in [4.78, 5) is 12.8. The first-order chi connectivity index (χ1) is 7.86. The molecule has 0 N–H and O–H groups in total. The maximum Gasteiger partial charge on any atom is 0.158 e. The lowest BCUT2D eigenvalue weighted by molar-refractivity contribution is 0.942. The summed E-state index contributed by atoms with van der Waals surface area (Å²) in [6.45, 7) is 0.830. The van der Waals surface area contributed by atoms with E-state index in [0.717, 1.165) is 18.2 Å². The fraction of sp³-hybridized carbons (Fsp3) is 0.167. The van der Waals surface area contributed by atoms with Gasteiger partial charge in [0.25, 0.3) is 0 Å². The number of hydrogen-bond donors (Lipinski definition) is 0. The molecule has 0 atom stereocenters. The van der Waals surface area contributed by atoms with Gasteiger partial charge in [-0.15, -0.1) is 0 Å². The number of rotatable bonds is 1. The van der Waals surface area contributed by atoms with Crippen LogP contribution >= 0.6 is 0 Å². The van der Waals surface area contributed by atoms with Crippen molar-refractivity contribution in [1.82, 2.24) is 9.97 Å². The minimum absolute atomic E-state index is 0.830. The Hall–Kier alpha value is -2.10. The van der Waals surface area contributed by atoms with Crippen molar-refractivity contribution in [2.75, 3.05) is 23.5 Å². The summed E-state index contributed by atoms with van der Waals surface area (Å²) in [6.07, 6.45) is 5.43. The van der Waals surface area contributed by atoms with E-state index in [2.05, 4.69) is 32.9 Å². The molecule has 2 aromatic rings. The van der Waals surface area contributed by atoms with Crippen molar-refractivity contribution in [3.63, 3.8) is 0 Å². The van der Waals surface area contributed by atoms with Crippen molar-refractivity contribution in [1.29, 1.82) is 0 Å². The van der Waals surface area contributed by atoms with Gasteiger partial charge < -0.3 is 9.80 Å². The van der Waals surface area contributed by atoms with Crippen LogP contribution in [0.5, 0.6) is 0 Å². The highest BCUT2D eigenvalue weighted by molar-refractivity contribution is 5.78. The summed E-state index contributed by atoms with van der Waals surface area (Å²) >= 11 is 0. The average molecular weight is 212 g/mol. The SMILES string of the molecule is CN1CN(c2ccncc2)c2ncccc21. The van der Waals surface area contributed by atoms with E-state index in [4.69, 9.17) is 0 Å². The Morgan fingerprint density at radius 1 is 1.12 bits per heavy atom. The Morgan fingerprint density at radius 3 is 2.75 bits per heavy atom. The van der Waals surface area contributed by atoms with Crippen molar-refractivity contribution >= 4 is 17.2 Å². The zero-order valence-electron chi connectivity index (χ0n) is 9.04. The van der Waals surface area contributed by atoms with E-state index in [1.54, 1.807) is 12.4 Å². The molecule has 0 aromatic carbocycles. The quantitative estimate of drug-likeness (QED) is 0.724. The zero-order valence-corrected chi connectivity index (χ0v) is 9.04. The van der Waals surface area contributed by atoms with Crippen LogP contribution in [0, 0.1) is 0 Å². The fourth-order valence-electron chi connectivity index (χ4n) is 1.98. The topological polar surface area (TPSA) is 32.3 Å². The Labute approximate surface area is 94.2 Å². The molecule has 0 spiro atoms. The van der Waals surface area contributed by atoms with Crippen LogP contribution < -0.4 is 9.80 Å². The molecular formula is C12H12N4. The highest BCUT2D eigenvalue weighted by Gasteiger charge is 2.24.